The van der Waals surface area contributed by atoms with Crippen LogP contribution in [0.2, 0.25) is 0 Å². The summed E-state index contributed by atoms with van der Waals surface area (Å²) in [5.41, 5.74) is -0.476. The molecule has 0 atom stereocenters. The summed E-state index contributed by atoms with van der Waals surface area (Å²) in [7, 11) is 3.44. The Kier molecular flexibility index (Phi) is 15.2. The van der Waals surface area contributed by atoms with Gasteiger partial charge in [-0.25, -0.2) is 4.79 Å². The number of rotatable bonds is 9. The molecule has 0 aliphatic heterocycles. The van der Waals surface area contributed by atoms with Crippen molar-refractivity contribution in [1.82, 2.24) is 15.5 Å². The highest BCUT2D eigenvalue weighted by atomic mass is 127. The van der Waals surface area contributed by atoms with Crippen LogP contribution in [0.15, 0.2) is 4.99 Å². The van der Waals surface area contributed by atoms with Gasteiger partial charge in [-0.05, 0) is 47.5 Å². The van der Waals surface area contributed by atoms with Gasteiger partial charge >= 0.3 is 6.09 Å². The minimum absolute atomic E-state index is 0. The standard InChI is InChI=1S/C17H36N4O3.HI/c1-14(2)21(16(22)24-17(3,4)5)12-8-10-19-15(18-6)20-11-9-13-23-7;/h14H,8-13H2,1-7H3,(H2,18,19,20);1H. The molecule has 0 aliphatic carbocycles. The van der Waals surface area contributed by atoms with Crippen LogP contribution >= 0.6 is 24.0 Å². The summed E-state index contributed by atoms with van der Waals surface area (Å²) in [6.07, 6.45) is 1.48. The quantitative estimate of drug-likeness (QED) is 0.234. The average molecular weight is 472 g/mol. The second-order valence-corrected chi connectivity index (χ2v) is 6.89. The van der Waals surface area contributed by atoms with Crippen LogP contribution in [-0.4, -0.2) is 69.0 Å². The van der Waals surface area contributed by atoms with E-state index in [0.29, 0.717) is 6.54 Å². The van der Waals surface area contributed by atoms with Gasteiger partial charge in [0.2, 0.25) is 0 Å². The van der Waals surface area contributed by atoms with Crippen molar-refractivity contribution in [3.05, 3.63) is 0 Å². The third-order valence-electron chi connectivity index (χ3n) is 3.16. The number of nitrogens with one attached hydrogen (secondary N) is 2. The number of halogens is 1. The summed E-state index contributed by atoms with van der Waals surface area (Å²) in [6, 6.07) is 0.103. The molecule has 0 saturated carbocycles. The lowest BCUT2D eigenvalue weighted by molar-refractivity contribution is 0.0190. The van der Waals surface area contributed by atoms with Crippen molar-refractivity contribution >= 4 is 36.0 Å². The van der Waals surface area contributed by atoms with E-state index in [1.54, 1.807) is 19.1 Å². The highest BCUT2D eigenvalue weighted by Crippen LogP contribution is 2.12. The summed E-state index contributed by atoms with van der Waals surface area (Å²) in [4.78, 5) is 18.1. The number of guanidine groups is 1. The van der Waals surface area contributed by atoms with Gasteiger partial charge in [-0.3, -0.25) is 4.99 Å². The number of hydrogen-bond donors (Lipinski definition) is 2. The predicted molar refractivity (Wildman–Crippen MR) is 114 cm³/mol. The van der Waals surface area contributed by atoms with Gasteiger partial charge in [-0.2, -0.15) is 0 Å². The molecule has 0 bridgehead atoms. The average Bonchev–Trinajstić information content (AvgIpc) is 2.46. The van der Waals surface area contributed by atoms with E-state index in [2.05, 4.69) is 15.6 Å². The van der Waals surface area contributed by atoms with E-state index in [9.17, 15) is 4.79 Å². The number of amides is 1. The third kappa shape index (κ3) is 14.1. The molecule has 0 spiro atoms. The Balaban J connectivity index is 0. The molecule has 0 radical (unpaired) electrons. The minimum Gasteiger partial charge on any atom is -0.444 e. The molecule has 0 saturated heterocycles. The maximum Gasteiger partial charge on any atom is 0.410 e. The number of carbonyl (C=O) groups is 1. The summed E-state index contributed by atoms with van der Waals surface area (Å²) >= 11 is 0. The van der Waals surface area contributed by atoms with E-state index >= 15 is 0 Å². The van der Waals surface area contributed by atoms with Crippen molar-refractivity contribution in [2.24, 2.45) is 4.99 Å². The van der Waals surface area contributed by atoms with Gasteiger partial charge < -0.3 is 25.0 Å². The van der Waals surface area contributed by atoms with Gasteiger partial charge in [0.15, 0.2) is 5.96 Å². The molecule has 8 heteroatoms. The van der Waals surface area contributed by atoms with Crippen molar-refractivity contribution < 1.29 is 14.3 Å². The molecule has 0 aromatic carbocycles. The molecule has 150 valence electrons. The van der Waals surface area contributed by atoms with Crippen LogP contribution in [0.4, 0.5) is 4.79 Å². The van der Waals surface area contributed by atoms with Crippen molar-refractivity contribution in [3.63, 3.8) is 0 Å². The van der Waals surface area contributed by atoms with Crippen LogP contribution in [0.3, 0.4) is 0 Å². The van der Waals surface area contributed by atoms with Crippen LogP contribution in [0.5, 0.6) is 0 Å². The molecule has 0 rings (SSSR count). The second-order valence-electron chi connectivity index (χ2n) is 6.89. The van der Waals surface area contributed by atoms with E-state index < -0.39 is 5.60 Å². The largest absolute Gasteiger partial charge is 0.444 e. The first-order chi connectivity index (χ1) is 11.2. The first-order valence-electron chi connectivity index (χ1n) is 8.64. The number of hydrogen-bond acceptors (Lipinski definition) is 4. The lowest BCUT2D eigenvalue weighted by atomic mass is 10.2. The van der Waals surface area contributed by atoms with E-state index in [0.717, 1.165) is 38.5 Å². The fourth-order valence-corrected chi connectivity index (χ4v) is 1.98. The summed E-state index contributed by atoms with van der Waals surface area (Å²) in [5.74, 6) is 0.763. The Morgan fingerprint density at radius 1 is 1.16 bits per heavy atom. The molecule has 0 unspecified atom stereocenters. The SMILES string of the molecule is CN=C(NCCCOC)NCCCN(C(=O)OC(C)(C)C)C(C)C.I. The molecule has 0 fully saturated rings. The highest BCUT2D eigenvalue weighted by Gasteiger charge is 2.23. The van der Waals surface area contributed by atoms with E-state index in [4.69, 9.17) is 9.47 Å². The number of ether oxygens (including phenoxy) is 2. The number of nitrogens with zero attached hydrogens (tertiary/aromatic N) is 2. The number of carbonyl (C=O) groups excluding carboxylic acids is 1. The molecule has 2 N–H and O–H groups in total. The van der Waals surface area contributed by atoms with Crippen molar-refractivity contribution in [2.75, 3.05) is 40.4 Å². The molecular formula is C17H37IN4O3. The van der Waals surface area contributed by atoms with Gasteiger partial charge in [-0.15, -0.1) is 24.0 Å². The monoisotopic (exact) mass is 472 g/mol. The van der Waals surface area contributed by atoms with E-state index in [-0.39, 0.29) is 36.1 Å². The van der Waals surface area contributed by atoms with Gasteiger partial charge in [0.1, 0.15) is 5.60 Å². The lowest BCUT2D eigenvalue weighted by Gasteiger charge is -2.30. The summed E-state index contributed by atoms with van der Waals surface area (Å²) < 4.78 is 10.5. The Labute approximate surface area is 170 Å². The lowest BCUT2D eigenvalue weighted by Crippen LogP contribution is -2.43. The fraction of sp³-hybridized carbons (Fsp3) is 0.882. The van der Waals surface area contributed by atoms with Crippen LogP contribution in [0, 0.1) is 0 Å². The smallest absolute Gasteiger partial charge is 0.410 e. The van der Waals surface area contributed by atoms with E-state index in [1.807, 2.05) is 34.6 Å². The number of methoxy groups -OCH3 is 1. The fourth-order valence-electron chi connectivity index (χ4n) is 1.98. The van der Waals surface area contributed by atoms with Crippen molar-refractivity contribution in [2.45, 2.75) is 59.1 Å². The van der Waals surface area contributed by atoms with E-state index in [1.165, 1.54) is 0 Å². The molecule has 1 amide bonds. The zero-order valence-electron chi connectivity index (χ0n) is 16.8. The Morgan fingerprint density at radius 2 is 1.72 bits per heavy atom. The molecular weight excluding hydrogens is 435 g/mol. The Bertz CT molecular complexity index is 385. The Morgan fingerprint density at radius 3 is 2.16 bits per heavy atom. The van der Waals surface area contributed by atoms with Crippen LogP contribution in [0.25, 0.3) is 0 Å². The molecule has 7 nitrogen and oxygen atoms in total. The van der Waals surface area contributed by atoms with Gasteiger partial charge in [0, 0.05) is 46.4 Å². The molecule has 0 heterocycles. The molecule has 0 aliphatic rings. The van der Waals surface area contributed by atoms with Crippen molar-refractivity contribution in [3.8, 4) is 0 Å². The maximum atomic E-state index is 12.2. The first kappa shape index (κ1) is 26.5. The zero-order chi connectivity index (χ0) is 18.6. The second kappa shape index (κ2) is 14.4. The van der Waals surface area contributed by atoms with Crippen LogP contribution in [0.1, 0.15) is 47.5 Å². The maximum absolute atomic E-state index is 12.2. The van der Waals surface area contributed by atoms with Crippen LogP contribution in [-0.2, 0) is 9.47 Å². The molecule has 0 aromatic heterocycles. The third-order valence-corrected chi connectivity index (χ3v) is 3.16. The summed E-state index contributed by atoms with van der Waals surface area (Å²) in [6.45, 7) is 12.5. The molecule has 25 heavy (non-hydrogen) atoms. The normalized spacial score (nSPS) is 11.8. The van der Waals surface area contributed by atoms with Crippen LogP contribution < -0.4 is 10.6 Å². The van der Waals surface area contributed by atoms with Crippen molar-refractivity contribution in [1.29, 1.82) is 0 Å². The number of aliphatic imine (C=N–C) groups is 1. The van der Waals surface area contributed by atoms with Gasteiger partial charge in [0.05, 0.1) is 0 Å². The topological polar surface area (TPSA) is 75.2 Å². The van der Waals surface area contributed by atoms with Gasteiger partial charge in [0.25, 0.3) is 0 Å². The Hall–Kier alpha value is -0.770. The molecule has 0 aromatic rings. The summed E-state index contributed by atoms with van der Waals surface area (Å²) in [5, 5.41) is 6.47. The highest BCUT2D eigenvalue weighted by molar-refractivity contribution is 14.0. The first-order valence-corrected chi connectivity index (χ1v) is 8.64. The minimum atomic E-state index is -0.476. The predicted octanol–water partition coefficient (Wildman–Crippen LogP) is 2.84. The zero-order valence-corrected chi connectivity index (χ0v) is 19.2. The van der Waals surface area contributed by atoms with Gasteiger partial charge in [-0.1, -0.05) is 0 Å².